The van der Waals surface area contributed by atoms with E-state index >= 15 is 0 Å². The second kappa shape index (κ2) is 4.78. The zero-order valence-electron chi connectivity index (χ0n) is 7.09. The molecule has 0 spiro atoms. The number of ether oxygens (including phenoxy) is 1. The highest BCUT2D eigenvalue weighted by molar-refractivity contribution is 6.30. The van der Waals surface area contributed by atoms with E-state index in [1.54, 1.807) is 0 Å². The Morgan fingerprint density at radius 2 is 2.36 bits per heavy atom. The molecule has 0 atom stereocenters. The first kappa shape index (κ1) is 10.7. The van der Waals surface area contributed by atoms with Gasteiger partial charge in [-0.1, -0.05) is 11.6 Å². The van der Waals surface area contributed by atoms with E-state index in [2.05, 4.69) is 0 Å². The molecule has 14 heavy (non-hydrogen) atoms. The third-order valence-corrected chi connectivity index (χ3v) is 1.73. The fourth-order valence-electron chi connectivity index (χ4n) is 0.757. The van der Waals surface area contributed by atoms with E-state index in [4.69, 9.17) is 22.2 Å². The number of nitrogens with two attached hydrogens (primary N) is 1. The van der Waals surface area contributed by atoms with Gasteiger partial charge in [-0.25, -0.2) is 10.2 Å². The van der Waals surface area contributed by atoms with Gasteiger partial charge in [-0.3, -0.25) is 10.2 Å². The number of hydrogen-bond acceptors (Lipinski definition) is 3. The Labute approximate surface area is 84.8 Å². The molecule has 1 aromatic rings. The normalized spacial score (nSPS) is 9.64. The van der Waals surface area contributed by atoms with Crippen LogP contribution in [-0.2, 0) is 4.79 Å². The van der Waals surface area contributed by atoms with Gasteiger partial charge >= 0.3 is 0 Å². The lowest BCUT2D eigenvalue weighted by atomic mass is 10.3. The minimum atomic E-state index is -0.600. The molecule has 0 bridgehead atoms. The summed E-state index contributed by atoms with van der Waals surface area (Å²) in [6, 6.07) is 3.88. The van der Waals surface area contributed by atoms with E-state index in [0.717, 1.165) is 6.07 Å². The van der Waals surface area contributed by atoms with Crippen molar-refractivity contribution >= 4 is 17.5 Å². The van der Waals surface area contributed by atoms with E-state index in [1.165, 1.54) is 12.1 Å². The van der Waals surface area contributed by atoms with Crippen LogP contribution in [0.2, 0.25) is 5.02 Å². The summed E-state index contributed by atoms with van der Waals surface area (Å²) in [5, 5.41) is 0.000580. The number of hydrazine groups is 1. The maximum atomic E-state index is 12.8. The van der Waals surface area contributed by atoms with Gasteiger partial charge in [0.2, 0.25) is 0 Å². The van der Waals surface area contributed by atoms with Crippen LogP contribution in [0.1, 0.15) is 0 Å². The average Bonchev–Trinajstić information content (AvgIpc) is 2.19. The molecule has 0 saturated heterocycles. The van der Waals surface area contributed by atoms with Crippen molar-refractivity contribution < 1.29 is 13.9 Å². The molecule has 0 aliphatic carbocycles. The molecule has 0 aliphatic rings. The molecule has 0 aromatic heterocycles. The number of halogens is 2. The molecule has 0 saturated carbocycles. The van der Waals surface area contributed by atoms with Crippen LogP contribution in [0.4, 0.5) is 4.39 Å². The van der Waals surface area contributed by atoms with Crippen LogP contribution in [0.15, 0.2) is 18.2 Å². The van der Waals surface area contributed by atoms with Gasteiger partial charge in [0.25, 0.3) is 5.91 Å². The summed E-state index contributed by atoms with van der Waals surface area (Å²) in [7, 11) is 0. The highest BCUT2D eigenvalue weighted by Crippen LogP contribution is 2.20. The molecule has 0 fully saturated rings. The van der Waals surface area contributed by atoms with Crippen LogP contribution in [0.5, 0.6) is 5.75 Å². The van der Waals surface area contributed by atoms with Gasteiger partial charge in [0.1, 0.15) is 11.6 Å². The Kier molecular flexibility index (Phi) is 3.67. The fraction of sp³-hybridized carbons (Fsp3) is 0.125. The summed E-state index contributed by atoms with van der Waals surface area (Å²) in [5.74, 6) is 3.93. The van der Waals surface area contributed by atoms with Crippen molar-refractivity contribution in [1.82, 2.24) is 5.43 Å². The van der Waals surface area contributed by atoms with Crippen molar-refractivity contribution in [1.29, 1.82) is 0 Å². The van der Waals surface area contributed by atoms with Crippen LogP contribution < -0.4 is 16.0 Å². The van der Waals surface area contributed by atoms with E-state index in [0.29, 0.717) is 0 Å². The standard InChI is InChI=1S/C8H8ClFN2O2/c9-6-2-1-5(3-7(6)10)14-4-8(13)12-11/h1-3H,4,11H2,(H,12,13). The lowest BCUT2D eigenvalue weighted by Crippen LogP contribution is -2.34. The van der Waals surface area contributed by atoms with Gasteiger partial charge in [0, 0.05) is 6.07 Å². The van der Waals surface area contributed by atoms with Crippen LogP contribution in [0, 0.1) is 5.82 Å². The molecule has 6 heteroatoms. The molecule has 1 rings (SSSR count). The number of nitrogens with one attached hydrogen (secondary N) is 1. The van der Waals surface area contributed by atoms with E-state index in [9.17, 15) is 9.18 Å². The third-order valence-electron chi connectivity index (χ3n) is 1.42. The molecular weight excluding hydrogens is 211 g/mol. The highest BCUT2D eigenvalue weighted by atomic mass is 35.5. The number of carbonyl (C=O) groups is 1. The van der Waals surface area contributed by atoms with Crippen molar-refractivity contribution in [2.75, 3.05) is 6.61 Å². The van der Waals surface area contributed by atoms with Gasteiger partial charge in [-0.05, 0) is 12.1 Å². The third kappa shape index (κ3) is 2.86. The molecule has 0 unspecified atom stereocenters. The lowest BCUT2D eigenvalue weighted by molar-refractivity contribution is -0.123. The van der Waals surface area contributed by atoms with E-state index < -0.39 is 11.7 Å². The van der Waals surface area contributed by atoms with Crippen LogP contribution in [0.3, 0.4) is 0 Å². The number of hydrogen-bond donors (Lipinski definition) is 2. The lowest BCUT2D eigenvalue weighted by Gasteiger charge is -2.04. The van der Waals surface area contributed by atoms with E-state index in [-0.39, 0.29) is 17.4 Å². The highest BCUT2D eigenvalue weighted by Gasteiger charge is 2.03. The quantitative estimate of drug-likeness (QED) is 0.449. The predicted octanol–water partition coefficient (Wildman–Crippen LogP) is 0.848. The van der Waals surface area contributed by atoms with Gasteiger partial charge < -0.3 is 4.74 Å². The van der Waals surface area contributed by atoms with Crippen LogP contribution in [-0.4, -0.2) is 12.5 Å². The maximum absolute atomic E-state index is 12.8. The van der Waals surface area contributed by atoms with Crippen molar-refractivity contribution in [3.63, 3.8) is 0 Å². The van der Waals surface area contributed by atoms with Crippen LogP contribution in [0.25, 0.3) is 0 Å². The second-order valence-corrected chi connectivity index (χ2v) is 2.84. The molecule has 76 valence electrons. The zero-order chi connectivity index (χ0) is 10.6. The Bertz CT molecular complexity index is 346. The van der Waals surface area contributed by atoms with Crippen molar-refractivity contribution in [2.45, 2.75) is 0 Å². The Morgan fingerprint density at radius 1 is 1.64 bits per heavy atom. The molecule has 0 heterocycles. The molecule has 0 radical (unpaired) electrons. The van der Waals surface area contributed by atoms with Crippen molar-refractivity contribution in [2.24, 2.45) is 5.84 Å². The zero-order valence-corrected chi connectivity index (χ0v) is 7.84. The average molecular weight is 219 g/mol. The maximum Gasteiger partial charge on any atom is 0.271 e. The van der Waals surface area contributed by atoms with E-state index in [1.807, 2.05) is 5.43 Å². The van der Waals surface area contributed by atoms with Crippen LogP contribution >= 0.6 is 11.6 Å². The minimum Gasteiger partial charge on any atom is -0.484 e. The summed E-state index contributed by atoms with van der Waals surface area (Å²) in [5.41, 5.74) is 1.88. The number of carbonyl (C=O) groups excluding carboxylic acids is 1. The summed E-state index contributed by atoms with van der Waals surface area (Å²) in [4.78, 5) is 10.7. The fourth-order valence-corrected chi connectivity index (χ4v) is 0.875. The molecule has 0 aliphatic heterocycles. The SMILES string of the molecule is NNC(=O)COc1ccc(Cl)c(F)c1. The predicted molar refractivity (Wildman–Crippen MR) is 49.2 cm³/mol. The summed E-state index contributed by atoms with van der Waals surface area (Å²) in [6.45, 7) is -0.266. The molecule has 1 amide bonds. The van der Waals surface area contributed by atoms with Crippen molar-refractivity contribution in [3.05, 3.63) is 29.0 Å². The first-order valence-corrected chi connectivity index (χ1v) is 4.08. The number of rotatable bonds is 3. The van der Waals surface area contributed by atoms with Crippen molar-refractivity contribution in [3.8, 4) is 5.75 Å². The topological polar surface area (TPSA) is 64.3 Å². The Hall–Kier alpha value is -1.33. The molecule has 3 N–H and O–H groups in total. The Morgan fingerprint density at radius 3 is 2.93 bits per heavy atom. The van der Waals surface area contributed by atoms with Gasteiger partial charge in [-0.15, -0.1) is 0 Å². The number of amides is 1. The monoisotopic (exact) mass is 218 g/mol. The van der Waals surface area contributed by atoms with Gasteiger partial charge in [0.05, 0.1) is 5.02 Å². The number of benzene rings is 1. The smallest absolute Gasteiger partial charge is 0.271 e. The van der Waals surface area contributed by atoms with Gasteiger partial charge in [0.15, 0.2) is 6.61 Å². The second-order valence-electron chi connectivity index (χ2n) is 2.43. The first-order valence-electron chi connectivity index (χ1n) is 3.71. The largest absolute Gasteiger partial charge is 0.484 e. The molecular formula is C8H8ClFN2O2. The molecule has 1 aromatic carbocycles. The first-order chi connectivity index (χ1) is 6.63. The minimum absolute atomic E-state index is 0.000580. The summed E-state index contributed by atoms with van der Waals surface area (Å²) in [6.07, 6.45) is 0. The Balaban J connectivity index is 2.60. The molecule has 4 nitrogen and oxygen atoms in total. The van der Waals surface area contributed by atoms with Gasteiger partial charge in [-0.2, -0.15) is 0 Å². The summed E-state index contributed by atoms with van der Waals surface area (Å²) < 4.78 is 17.8. The summed E-state index contributed by atoms with van der Waals surface area (Å²) >= 11 is 5.44.